The van der Waals surface area contributed by atoms with E-state index in [-0.39, 0.29) is 12.7 Å². The minimum atomic E-state index is -1.02. The lowest BCUT2D eigenvalue weighted by Gasteiger charge is -2.12. The molecule has 0 aromatic carbocycles. The Morgan fingerprint density at radius 3 is 2.64 bits per heavy atom. The summed E-state index contributed by atoms with van der Waals surface area (Å²) in [6.45, 7) is 3.94. The van der Waals surface area contributed by atoms with Crippen LogP contribution in [0.3, 0.4) is 0 Å². The maximum atomic E-state index is 10.2. The number of carboxylic acid groups (broad SMARTS) is 1. The van der Waals surface area contributed by atoms with Crippen LogP contribution in [0.25, 0.3) is 0 Å². The van der Waals surface area contributed by atoms with E-state index in [1.165, 1.54) is 0 Å². The van der Waals surface area contributed by atoms with E-state index in [1.54, 1.807) is 0 Å². The Balaban J connectivity index is 3.45. The van der Waals surface area contributed by atoms with Crippen LogP contribution >= 0.6 is 0 Å². The van der Waals surface area contributed by atoms with Crippen LogP contribution in [-0.4, -0.2) is 29.8 Å². The van der Waals surface area contributed by atoms with Gasteiger partial charge in [-0.05, 0) is 13.3 Å². The maximum Gasteiger partial charge on any atom is 0.322 e. The smallest absolute Gasteiger partial charge is 0.322 e. The van der Waals surface area contributed by atoms with Gasteiger partial charge in [-0.25, -0.2) is 0 Å². The number of hydrogen-bond acceptors (Lipinski definition) is 3. The minimum absolute atomic E-state index is 0.0837. The van der Waals surface area contributed by atoms with E-state index in [2.05, 4.69) is 0 Å². The normalized spacial score (nSPS) is 15.9. The van der Waals surface area contributed by atoms with Gasteiger partial charge in [0.25, 0.3) is 0 Å². The van der Waals surface area contributed by atoms with Gasteiger partial charge in [-0.2, -0.15) is 0 Å². The van der Waals surface area contributed by atoms with Crippen LogP contribution in [0.5, 0.6) is 0 Å². The summed E-state index contributed by atoms with van der Waals surface area (Å²) in [6, 6.07) is -0.899. The van der Waals surface area contributed by atoms with E-state index in [4.69, 9.17) is 15.6 Å². The first-order chi connectivity index (χ1) is 5.07. The molecule has 0 spiro atoms. The van der Waals surface area contributed by atoms with Gasteiger partial charge in [0.15, 0.2) is 0 Å². The highest BCUT2D eigenvalue weighted by Crippen LogP contribution is 1.95. The third kappa shape index (κ3) is 4.75. The summed E-state index contributed by atoms with van der Waals surface area (Å²) in [4.78, 5) is 10.2. The molecule has 0 fully saturated rings. The third-order valence-corrected chi connectivity index (χ3v) is 1.45. The number of hydrogen-bond donors (Lipinski definition) is 2. The number of aliphatic carboxylic acids is 1. The average molecular weight is 161 g/mol. The topological polar surface area (TPSA) is 72.5 Å². The largest absolute Gasteiger partial charge is 0.480 e. The molecule has 0 saturated carbocycles. The van der Waals surface area contributed by atoms with Gasteiger partial charge in [0.2, 0.25) is 0 Å². The number of rotatable bonds is 5. The van der Waals surface area contributed by atoms with E-state index in [0.717, 1.165) is 6.42 Å². The standard InChI is InChI=1S/C7H15NO3/c1-3-5(2)11-4-6(8)7(9)10/h5-6H,3-4,8H2,1-2H3,(H,9,10)/t5?,6-/m0/s1. The predicted octanol–water partition coefficient (Wildman–Crippen LogP) is 0.213. The Bertz CT molecular complexity index is 127. The van der Waals surface area contributed by atoms with Crippen molar-refractivity contribution >= 4 is 5.97 Å². The Morgan fingerprint density at radius 2 is 2.27 bits per heavy atom. The second kappa shape index (κ2) is 5.09. The zero-order valence-electron chi connectivity index (χ0n) is 6.91. The van der Waals surface area contributed by atoms with Crippen molar-refractivity contribution in [3.05, 3.63) is 0 Å². The van der Waals surface area contributed by atoms with Gasteiger partial charge < -0.3 is 15.6 Å². The molecule has 11 heavy (non-hydrogen) atoms. The second-order valence-electron chi connectivity index (χ2n) is 2.50. The molecular formula is C7H15NO3. The lowest BCUT2D eigenvalue weighted by atomic mass is 10.3. The fourth-order valence-corrected chi connectivity index (χ4v) is 0.457. The van der Waals surface area contributed by atoms with Gasteiger partial charge in [0.1, 0.15) is 6.04 Å². The second-order valence-corrected chi connectivity index (χ2v) is 2.50. The summed E-state index contributed by atoms with van der Waals surface area (Å²) in [7, 11) is 0. The molecule has 4 nitrogen and oxygen atoms in total. The van der Waals surface area contributed by atoms with Crippen molar-refractivity contribution in [3.63, 3.8) is 0 Å². The zero-order chi connectivity index (χ0) is 8.85. The summed E-state index contributed by atoms with van der Waals surface area (Å²) in [5.41, 5.74) is 5.19. The molecule has 3 N–H and O–H groups in total. The molecule has 0 heterocycles. The summed E-state index contributed by atoms with van der Waals surface area (Å²) in [5, 5.41) is 8.36. The van der Waals surface area contributed by atoms with Crippen LogP contribution < -0.4 is 5.73 Å². The SMILES string of the molecule is CCC(C)OC[C@H](N)C(=O)O. The molecular weight excluding hydrogens is 146 g/mol. The minimum Gasteiger partial charge on any atom is -0.480 e. The van der Waals surface area contributed by atoms with Crippen LogP contribution in [0.15, 0.2) is 0 Å². The van der Waals surface area contributed by atoms with Crippen LogP contribution in [0.2, 0.25) is 0 Å². The molecule has 0 aliphatic rings. The van der Waals surface area contributed by atoms with Crippen molar-refractivity contribution in [2.45, 2.75) is 32.4 Å². The van der Waals surface area contributed by atoms with Crippen molar-refractivity contribution < 1.29 is 14.6 Å². The quantitative estimate of drug-likeness (QED) is 0.604. The summed E-state index contributed by atoms with van der Waals surface area (Å²) < 4.78 is 5.11. The van der Waals surface area contributed by atoms with E-state index in [9.17, 15) is 4.79 Å². The van der Waals surface area contributed by atoms with Gasteiger partial charge in [0, 0.05) is 0 Å². The highest BCUT2D eigenvalue weighted by molar-refractivity contribution is 5.73. The number of carbonyl (C=O) groups is 1. The molecule has 0 aromatic rings. The van der Waals surface area contributed by atoms with Crippen LogP contribution in [0.1, 0.15) is 20.3 Å². The van der Waals surface area contributed by atoms with E-state index in [1.807, 2.05) is 13.8 Å². The predicted molar refractivity (Wildman–Crippen MR) is 41.3 cm³/mol. The van der Waals surface area contributed by atoms with Crippen molar-refractivity contribution in [2.75, 3.05) is 6.61 Å². The number of nitrogens with two attached hydrogens (primary N) is 1. The highest BCUT2D eigenvalue weighted by atomic mass is 16.5. The van der Waals surface area contributed by atoms with Gasteiger partial charge in [-0.15, -0.1) is 0 Å². The Labute approximate surface area is 66.3 Å². The third-order valence-electron chi connectivity index (χ3n) is 1.45. The molecule has 0 amide bonds. The Kier molecular flexibility index (Phi) is 4.81. The van der Waals surface area contributed by atoms with E-state index in [0.29, 0.717) is 0 Å². The molecule has 2 atom stereocenters. The van der Waals surface area contributed by atoms with Gasteiger partial charge in [-0.1, -0.05) is 6.92 Å². The maximum absolute atomic E-state index is 10.2. The zero-order valence-corrected chi connectivity index (χ0v) is 6.91. The van der Waals surface area contributed by atoms with Crippen LogP contribution in [-0.2, 0) is 9.53 Å². The summed E-state index contributed by atoms with van der Waals surface area (Å²) in [5.74, 6) is -1.02. The fourth-order valence-electron chi connectivity index (χ4n) is 0.457. The Hall–Kier alpha value is -0.610. The van der Waals surface area contributed by atoms with Crippen molar-refractivity contribution in [1.82, 2.24) is 0 Å². The monoisotopic (exact) mass is 161 g/mol. The molecule has 0 bridgehead atoms. The van der Waals surface area contributed by atoms with Crippen LogP contribution in [0.4, 0.5) is 0 Å². The molecule has 0 radical (unpaired) electrons. The number of carboxylic acids is 1. The molecule has 0 aromatic heterocycles. The lowest BCUT2D eigenvalue weighted by molar-refractivity contribution is -0.140. The van der Waals surface area contributed by atoms with Crippen molar-refractivity contribution in [3.8, 4) is 0 Å². The summed E-state index contributed by atoms with van der Waals surface area (Å²) >= 11 is 0. The van der Waals surface area contributed by atoms with Crippen molar-refractivity contribution in [2.24, 2.45) is 5.73 Å². The molecule has 66 valence electrons. The first-order valence-electron chi connectivity index (χ1n) is 3.68. The first kappa shape index (κ1) is 10.4. The molecule has 0 saturated heterocycles. The lowest BCUT2D eigenvalue weighted by Crippen LogP contribution is -2.36. The van der Waals surface area contributed by atoms with Gasteiger partial charge in [-0.3, -0.25) is 4.79 Å². The van der Waals surface area contributed by atoms with Crippen molar-refractivity contribution in [1.29, 1.82) is 0 Å². The Morgan fingerprint density at radius 1 is 1.73 bits per heavy atom. The first-order valence-corrected chi connectivity index (χ1v) is 3.68. The van der Waals surface area contributed by atoms with Gasteiger partial charge >= 0.3 is 5.97 Å². The highest BCUT2D eigenvalue weighted by Gasteiger charge is 2.12. The van der Waals surface area contributed by atoms with Crippen LogP contribution in [0, 0.1) is 0 Å². The molecule has 0 rings (SSSR count). The molecule has 1 unspecified atom stereocenters. The summed E-state index contributed by atoms with van der Waals surface area (Å²) in [6.07, 6.45) is 0.951. The number of ether oxygens (including phenoxy) is 1. The van der Waals surface area contributed by atoms with E-state index < -0.39 is 12.0 Å². The molecule has 0 aliphatic heterocycles. The fraction of sp³-hybridized carbons (Fsp3) is 0.857. The van der Waals surface area contributed by atoms with Gasteiger partial charge in [0.05, 0.1) is 12.7 Å². The average Bonchev–Trinajstić information content (AvgIpc) is 1.99. The molecule has 4 heteroatoms. The van der Waals surface area contributed by atoms with E-state index >= 15 is 0 Å². The molecule has 0 aliphatic carbocycles.